The van der Waals surface area contributed by atoms with E-state index in [1.54, 1.807) is 28.9 Å². The van der Waals surface area contributed by atoms with Gasteiger partial charge < -0.3 is 14.7 Å². The van der Waals surface area contributed by atoms with E-state index in [2.05, 4.69) is 13.2 Å². The lowest BCUT2D eigenvalue weighted by Gasteiger charge is -2.46. The number of rotatable bonds is 9. The van der Waals surface area contributed by atoms with E-state index in [0.717, 1.165) is 11.1 Å². The summed E-state index contributed by atoms with van der Waals surface area (Å²) < 4.78 is 81.7. The third-order valence-electron chi connectivity index (χ3n) is 8.32. The summed E-state index contributed by atoms with van der Waals surface area (Å²) in [6.45, 7) is 13.3. The molecule has 1 aliphatic heterocycles. The molecule has 5 nitrogen and oxygen atoms in total. The zero-order valence-corrected chi connectivity index (χ0v) is 25.4. The highest BCUT2D eigenvalue weighted by Crippen LogP contribution is 2.40. The fraction of sp³-hybridized carbons (Fsp3) is 0.455. The van der Waals surface area contributed by atoms with E-state index >= 15 is 0 Å². The van der Waals surface area contributed by atoms with Gasteiger partial charge in [-0.2, -0.15) is 26.3 Å². The first-order valence-electron chi connectivity index (χ1n) is 14.4. The van der Waals surface area contributed by atoms with E-state index in [-0.39, 0.29) is 43.6 Å². The predicted molar refractivity (Wildman–Crippen MR) is 158 cm³/mol. The second-order valence-corrected chi connectivity index (χ2v) is 11.5. The Kier molecular flexibility index (Phi) is 10.6. The molecule has 0 unspecified atom stereocenters. The van der Waals surface area contributed by atoms with Crippen molar-refractivity contribution in [1.29, 1.82) is 0 Å². The van der Waals surface area contributed by atoms with Gasteiger partial charge >= 0.3 is 18.4 Å². The minimum Gasteiger partial charge on any atom is -0.338 e. The van der Waals surface area contributed by atoms with Crippen molar-refractivity contribution in [3.63, 3.8) is 0 Å². The highest BCUT2D eigenvalue weighted by Gasteiger charge is 2.42. The highest BCUT2D eigenvalue weighted by atomic mass is 19.4. The number of amides is 3. The van der Waals surface area contributed by atoms with Crippen molar-refractivity contribution >= 4 is 11.9 Å². The van der Waals surface area contributed by atoms with Crippen LogP contribution < -0.4 is 0 Å². The molecular formula is C33H39F6N3O2. The Morgan fingerprint density at radius 3 is 2.00 bits per heavy atom. The number of urea groups is 1. The Morgan fingerprint density at radius 1 is 0.977 bits per heavy atom. The summed E-state index contributed by atoms with van der Waals surface area (Å²) in [6, 6.07) is 6.54. The highest BCUT2D eigenvalue weighted by molar-refractivity contribution is 5.83. The van der Waals surface area contributed by atoms with Gasteiger partial charge in [0.05, 0.1) is 28.6 Å². The molecule has 44 heavy (non-hydrogen) atoms. The molecule has 0 radical (unpaired) electrons. The van der Waals surface area contributed by atoms with Crippen molar-refractivity contribution in [3.05, 3.63) is 95.6 Å². The molecule has 3 amide bonds. The first-order valence-corrected chi connectivity index (χ1v) is 14.4. The Balaban J connectivity index is 2.02. The van der Waals surface area contributed by atoms with Gasteiger partial charge in [0.15, 0.2) is 0 Å². The summed E-state index contributed by atoms with van der Waals surface area (Å²) >= 11 is 0. The standard InChI is InChI=1S/C33H39F6N3O2/c1-7-14-31(5,15-8-2)29(43)41-16-17-42(28(21-41)26-13-11-10-12-22(26)4)30(44)40(6)27(9-3)23-18-24(32(34,35)36)20-25(19-23)33(37,38)39/h7-8,10-13,18-20,27-28H,1-2,9,14-17,21H2,3-6H3/t27-,28-/m1/s1. The molecule has 0 bridgehead atoms. The van der Waals surface area contributed by atoms with E-state index < -0.39 is 47.0 Å². The van der Waals surface area contributed by atoms with E-state index in [0.29, 0.717) is 25.0 Å². The van der Waals surface area contributed by atoms with E-state index in [1.165, 1.54) is 11.9 Å². The molecule has 240 valence electrons. The van der Waals surface area contributed by atoms with Crippen molar-refractivity contribution in [3.8, 4) is 0 Å². The molecule has 2 atom stereocenters. The van der Waals surface area contributed by atoms with Crippen molar-refractivity contribution in [1.82, 2.24) is 14.7 Å². The number of alkyl halides is 6. The molecule has 2 aromatic carbocycles. The van der Waals surface area contributed by atoms with Gasteiger partial charge in [0.1, 0.15) is 0 Å². The zero-order valence-electron chi connectivity index (χ0n) is 25.4. The van der Waals surface area contributed by atoms with Gasteiger partial charge in [-0.15, -0.1) is 13.2 Å². The average molecular weight is 624 g/mol. The first kappa shape index (κ1) is 34.7. The SMILES string of the molecule is C=CCC(C)(CC=C)C(=O)N1CCN(C(=O)N(C)[C@H](CC)c2cc(C(F)(F)F)cc(C(F)(F)F)c2)[C@@H](c2ccccc2C)C1. The second kappa shape index (κ2) is 13.5. The molecule has 11 heteroatoms. The Hall–Kier alpha value is -3.76. The lowest BCUT2D eigenvalue weighted by atomic mass is 9.81. The van der Waals surface area contributed by atoms with Crippen molar-refractivity contribution < 1.29 is 35.9 Å². The van der Waals surface area contributed by atoms with Crippen LogP contribution in [0.4, 0.5) is 31.1 Å². The average Bonchev–Trinajstić information content (AvgIpc) is 2.96. The smallest absolute Gasteiger partial charge is 0.338 e. The van der Waals surface area contributed by atoms with Crippen LogP contribution in [0.5, 0.6) is 0 Å². The van der Waals surface area contributed by atoms with E-state index in [4.69, 9.17) is 0 Å². The largest absolute Gasteiger partial charge is 0.416 e. The number of piperazine rings is 1. The molecule has 0 aliphatic carbocycles. The molecule has 0 N–H and O–H groups in total. The molecule has 0 aromatic heterocycles. The normalized spacial score (nSPS) is 16.8. The summed E-state index contributed by atoms with van der Waals surface area (Å²) in [5.74, 6) is -0.119. The van der Waals surface area contributed by atoms with Gasteiger partial charge in [-0.25, -0.2) is 4.79 Å². The molecule has 1 heterocycles. The van der Waals surface area contributed by atoms with Gasteiger partial charge in [-0.1, -0.05) is 50.3 Å². The minimum atomic E-state index is -5.01. The lowest BCUT2D eigenvalue weighted by Crippen LogP contribution is -2.57. The number of hydrogen-bond donors (Lipinski definition) is 0. The first-order chi connectivity index (χ1) is 20.5. The monoisotopic (exact) mass is 623 g/mol. The van der Waals surface area contributed by atoms with Crippen molar-refractivity contribution in [2.24, 2.45) is 5.41 Å². The van der Waals surface area contributed by atoms with Crippen LogP contribution in [0.25, 0.3) is 0 Å². The Labute approximate surface area is 254 Å². The number of aryl methyl sites for hydroxylation is 1. The van der Waals surface area contributed by atoms with Gasteiger partial charge in [-0.3, -0.25) is 4.79 Å². The maximum absolute atomic E-state index is 14.1. The number of nitrogens with zero attached hydrogens (tertiary/aromatic N) is 3. The molecule has 3 rings (SSSR count). The predicted octanol–water partition coefficient (Wildman–Crippen LogP) is 8.58. The molecular weight excluding hydrogens is 584 g/mol. The van der Waals surface area contributed by atoms with Crippen LogP contribution in [-0.4, -0.2) is 53.3 Å². The van der Waals surface area contributed by atoms with Crippen LogP contribution in [0, 0.1) is 12.3 Å². The van der Waals surface area contributed by atoms with E-state index in [1.807, 2.05) is 38.1 Å². The van der Waals surface area contributed by atoms with Crippen LogP contribution in [0.1, 0.15) is 73.0 Å². The Bertz CT molecular complexity index is 1330. The summed E-state index contributed by atoms with van der Waals surface area (Å²) in [5.41, 5.74) is -2.27. The minimum absolute atomic E-state index is 0.0653. The number of halogens is 6. The van der Waals surface area contributed by atoms with Crippen molar-refractivity contribution in [2.45, 2.75) is 64.5 Å². The third-order valence-corrected chi connectivity index (χ3v) is 8.32. The topological polar surface area (TPSA) is 43.9 Å². The summed E-state index contributed by atoms with van der Waals surface area (Å²) in [7, 11) is 1.38. The molecule has 1 aliphatic rings. The van der Waals surface area contributed by atoms with Crippen LogP contribution in [0.3, 0.4) is 0 Å². The van der Waals surface area contributed by atoms with E-state index in [9.17, 15) is 35.9 Å². The molecule has 2 aromatic rings. The van der Waals surface area contributed by atoms with Crippen LogP contribution in [0.2, 0.25) is 0 Å². The number of carbonyl (C=O) groups is 2. The maximum atomic E-state index is 14.1. The lowest BCUT2D eigenvalue weighted by molar-refractivity contribution is -0.144. The molecule has 0 saturated carbocycles. The van der Waals surface area contributed by atoms with Crippen LogP contribution in [0.15, 0.2) is 67.8 Å². The van der Waals surface area contributed by atoms with Crippen molar-refractivity contribution in [2.75, 3.05) is 26.7 Å². The molecule has 0 spiro atoms. The third kappa shape index (κ3) is 7.47. The summed E-state index contributed by atoms with van der Waals surface area (Å²) in [6.07, 6.45) is -5.76. The molecule has 1 fully saturated rings. The zero-order chi connectivity index (χ0) is 33.0. The number of benzene rings is 2. The number of carbonyl (C=O) groups excluding carboxylic acids is 2. The van der Waals surface area contributed by atoms with Gasteiger partial charge in [0, 0.05) is 26.7 Å². The Morgan fingerprint density at radius 2 is 1.52 bits per heavy atom. The quantitative estimate of drug-likeness (QED) is 0.208. The van der Waals surface area contributed by atoms with Crippen LogP contribution >= 0.6 is 0 Å². The number of allylic oxidation sites excluding steroid dienone is 2. The van der Waals surface area contributed by atoms with Gasteiger partial charge in [0.2, 0.25) is 5.91 Å². The fourth-order valence-corrected chi connectivity index (χ4v) is 5.94. The second-order valence-electron chi connectivity index (χ2n) is 11.5. The van der Waals surface area contributed by atoms with Gasteiger partial charge in [-0.05, 0) is 61.1 Å². The van der Waals surface area contributed by atoms with Crippen LogP contribution in [-0.2, 0) is 17.1 Å². The van der Waals surface area contributed by atoms with Gasteiger partial charge in [0.25, 0.3) is 0 Å². The molecule has 1 saturated heterocycles. The maximum Gasteiger partial charge on any atom is 0.416 e. The summed E-state index contributed by atoms with van der Waals surface area (Å²) in [5, 5.41) is 0. The fourth-order valence-electron chi connectivity index (χ4n) is 5.94. The summed E-state index contributed by atoms with van der Waals surface area (Å²) in [4.78, 5) is 32.3. The number of hydrogen-bond acceptors (Lipinski definition) is 2.